The maximum atomic E-state index is 5.35. The molecule has 1 saturated carbocycles. The van der Waals surface area contributed by atoms with Gasteiger partial charge in [-0.05, 0) is 66.7 Å². The Morgan fingerprint density at radius 1 is 1.30 bits per heavy atom. The largest absolute Gasteiger partial charge is 0.497 e. The molecule has 1 atom stereocenters. The molecule has 0 heterocycles. The predicted molar refractivity (Wildman–Crippen MR) is 83.3 cm³/mol. The molecule has 0 aromatic heterocycles. The molecule has 1 N–H and O–H groups in total. The quantitative estimate of drug-likeness (QED) is 0.885. The summed E-state index contributed by atoms with van der Waals surface area (Å²) >= 11 is 0. The molecule has 2 nitrogen and oxygen atoms in total. The van der Waals surface area contributed by atoms with Crippen LogP contribution >= 0.6 is 0 Å². The van der Waals surface area contributed by atoms with E-state index < -0.39 is 0 Å². The van der Waals surface area contributed by atoms with Crippen molar-refractivity contribution in [2.75, 3.05) is 13.7 Å². The molecule has 0 saturated heterocycles. The Balaban J connectivity index is 1.61. The highest BCUT2D eigenvalue weighted by Gasteiger charge is 2.45. The smallest absolute Gasteiger partial charge is 0.119 e. The second-order valence-electron chi connectivity index (χ2n) is 6.97. The zero-order chi connectivity index (χ0) is 14.2. The van der Waals surface area contributed by atoms with Gasteiger partial charge in [-0.15, -0.1) is 0 Å². The normalized spacial score (nSPS) is 23.5. The lowest BCUT2D eigenvalue weighted by molar-refractivity contribution is 0.310. The number of aryl methyl sites for hydroxylation is 1. The Morgan fingerprint density at radius 2 is 2.10 bits per heavy atom. The van der Waals surface area contributed by atoms with Gasteiger partial charge in [-0.3, -0.25) is 0 Å². The van der Waals surface area contributed by atoms with Crippen LogP contribution in [0.25, 0.3) is 0 Å². The van der Waals surface area contributed by atoms with Gasteiger partial charge in [-0.25, -0.2) is 0 Å². The number of hydrogen-bond acceptors (Lipinski definition) is 2. The molecule has 0 radical (unpaired) electrons. The van der Waals surface area contributed by atoms with E-state index in [0.29, 0.717) is 11.5 Å². The Bertz CT molecular complexity index is 476. The number of nitrogens with one attached hydrogen (secondary N) is 1. The molecular weight excluding hydrogens is 246 g/mol. The summed E-state index contributed by atoms with van der Waals surface area (Å²) in [5.74, 6) is 1.80. The minimum absolute atomic E-state index is 0.606. The number of methoxy groups -OCH3 is 1. The topological polar surface area (TPSA) is 21.3 Å². The summed E-state index contributed by atoms with van der Waals surface area (Å²) in [6.45, 7) is 5.94. The van der Waals surface area contributed by atoms with E-state index in [-0.39, 0.29) is 0 Å². The average molecular weight is 273 g/mol. The lowest BCUT2D eigenvalue weighted by Crippen LogP contribution is -2.39. The van der Waals surface area contributed by atoms with Crippen LogP contribution < -0.4 is 10.1 Å². The van der Waals surface area contributed by atoms with E-state index in [0.717, 1.165) is 18.1 Å². The van der Waals surface area contributed by atoms with Crippen LogP contribution in [0, 0.1) is 11.3 Å². The first-order valence-electron chi connectivity index (χ1n) is 8.02. The molecule has 20 heavy (non-hydrogen) atoms. The van der Waals surface area contributed by atoms with Crippen molar-refractivity contribution in [2.24, 2.45) is 11.3 Å². The van der Waals surface area contributed by atoms with Gasteiger partial charge in [0.15, 0.2) is 0 Å². The van der Waals surface area contributed by atoms with Gasteiger partial charge >= 0.3 is 0 Å². The fourth-order valence-electron chi connectivity index (χ4n) is 3.50. The van der Waals surface area contributed by atoms with E-state index in [9.17, 15) is 0 Å². The van der Waals surface area contributed by atoms with Gasteiger partial charge in [0.05, 0.1) is 7.11 Å². The first-order valence-corrected chi connectivity index (χ1v) is 8.02. The van der Waals surface area contributed by atoms with Crippen molar-refractivity contribution in [2.45, 2.75) is 52.0 Å². The van der Waals surface area contributed by atoms with Crippen LogP contribution in [-0.2, 0) is 12.8 Å². The Morgan fingerprint density at radius 3 is 2.75 bits per heavy atom. The van der Waals surface area contributed by atoms with Crippen molar-refractivity contribution in [1.82, 2.24) is 5.32 Å². The molecule has 110 valence electrons. The van der Waals surface area contributed by atoms with Crippen LogP contribution in [0.1, 0.15) is 44.2 Å². The molecule has 0 spiro atoms. The molecule has 2 aliphatic carbocycles. The molecule has 3 rings (SSSR count). The van der Waals surface area contributed by atoms with Crippen LogP contribution in [0.2, 0.25) is 0 Å². The average Bonchev–Trinajstić information content (AvgIpc) is 3.25. The van der Waals surface area contributed by atoms with E-state index in [1.165, 1.54) is 43.4 Å². The van der Waals surface area contributed by atoms with Crippen LogP contribution in [0.3, 0.4) is 0 Å². The molecule has 0 aliphatic heterocycles. The maximum absolute atomic E-state index is 5.35. The predicted octanol–water partition coefficient (Wildman–Crippen LogP) is 3.58. The summed E-state index contributed by atoms with van der Waals surface area (Å²) in [7, 11) is 1.75. The van der Waals surface area contributed by atoms with Crippen molar-refractivity contribution in [3.63, 3.8) is 0 Å². The summed E-state index contributed by atoms with van der Waals surface area (Å²) in [4.78, 5) is 0. The monoisotopic (exact) mass is 273 g/mol. The fraction of sp³-hybridized carbons (Fsp3) is 0.667. The number of hydrogen-bond donors (Lipinski definition) is 1. The standard InChI is InChI=1S/C18H27NO/c1-13(2)18(8-9-18)12-19-16-6-4-14-5-7-17(20-3)11-15(14)10-16/h5,7,11,13,16,19H,4,6,8-10,12H2,1-3H3. The van der Waals surface area contributed by atoms with E-state index >= 15 is 0 Å². The van der Waals surface area contributed by atoms with Crippen molar-refractivity contribution in [3.8, 4) is 5.75 Å². The minimum Gasteiger partial charge on any atom is -0.497 e. The zero-order valence-electron chi connectivity index (χ0n) is 13.0. The van der Waals surface area contributed by atoms with Crippen LogP contribution in [0.4, 0.5) is 0 Å². The number of fused-ring (bicyclic) bond motifs is 1. The van der Waals surface area contributed by atoms with Crippen molar-refractivity contribution >= 4 is 0 Å². The fourth-order valence-corrected chi connectivity index (χ4v) is 3.50. The molecule has 1 aromatic carbocycles. The van der Waals surface area contributed by atoms with Gasteiger partial charge in [0.1, 0.15) is 5.75 Å². The van der Waals surface area contributed by atoms with E-state index in [1.807, 2.05) is 0 Å². The van der Waals surface area contributed by atoms with E-state index in [4.69, 9.17) is 4.74 Å². The Kier molecular flexibility index (Phi) is 3.76. The number of ether oxygens (including phenoxy) is 1. The highest BCUT2D eigenvalue weighted by molar-refractivity contribution is 5.37. The van der Waals surface area contributed by atoms with Crippen molar-refractivity contribution < 1.29 is 4.74 Å². The minimum atomic E-state index is 0.606. The molecule has 1 unspecified atom stereocenters. The van der Waals surface area contributed by atoms with Crippen LogP contribution in [0.15, 0.2) is 18.2 Å². The van der Waals surface area contributed by atoms with E-state index in [2.05, 4.69) is 37.4 Å². The Hall–Kier alpha value is -1.02. The number of benzene rings is 1. The molecule has 1 aromatic rings. The lowest BCUT2D eigenvalue weighted by Gasteiger charge is -2.29. The molecule has 2 aliphatic rings. The summed E-state index contributed by atoms with van der Waals surface area (Å²) in [6.07, 6.45) is 6.45. The third kappa shape index (κ3) is 2.71. The van der Waals surface area contributed by atoms with Crippen LogP contribution in [0.5, 0.6) is 5.75 Å². The molecule has 0 bridgehead atoms. The molecule has 1 fully saturated rings. The molecular formula is C18H27NO. The van der Waals surface area contributed by atoms with Crippen LogP contribution in [-0.4, -0.2) is 19.7 Å². The number of rotatable bonds is 5. The summed E-state index contributed by atoms with van der Waals surface area (Å²) < 4.78 is 5.35. The van der Waals surface area contributed by atoms with Gasteiger partial charge in [-0.1, -0.05) is 19.9 Å². The molecule has 0 amide bonds. The van der Waals surface area contributed by atoms with E-state index in [1.54, 1.807) is 7.11 Å². The third-order valence-corrected chi connectivity index (χ3v) is 5.50. The zero-order valence-corrected chi connectivity index (χ0v) is 13.0. The second kappa shape index (κ2) is 5.40. The highest BCUT2D eigenvalue weighted by Crippen LogP contribution is 2.51. The highest BCUT2D eigenvalue weighted by atomic mass is 16.5. The first kappa shape index (κ1) is 13.9. The first-order chi connectivity index (χ1) is 9.63. The van der Waals surface area contributed by atoms with Gasteiger partial charge in [-0.2, -0.15) is 0 Å². The third-order valence-electron chi connectivity index (χ3n) is 5.50. The van der Waals surface area contributed by atoms with Gasteiger partial charge in [0.25, 0.3) is 0 Å². The van der Waals surface area contributed by atoms with Gasteiger partial charge < -0.3 is 10.1 Å². The van der Waals surface area contributed by atoms with Gasteiger partial charge in [0.2, 0.25) is 0 Å². The van der Waals surface area contributed by atoms with Crippen molar-refractivity contribution in [1.29, 1.82) is 0 Å². The molecule has 2 heteroatoms. The van der Waals surface area contributed by atoms with Gasteiger partial charge in [0, 0.05) is 12.6 Å². The maximum Gasteiger partial charge on any atom is 0.119 e. The van der Waals surface area contributed by atoms with Crippen molar-refractivity contribution in [3.05, 3.63) is 29.3 Å². The summed E-state index contributed by atoms with van der Waals surface area (Å²) in [5.41, 5.74) is 3.59. The summed E-state index contributed by atoms with van der Waals surface area (Å²) in [5, 5.41) is 3.84. The lowest BCUT2D eigenvalue weighted by atomic mass is 9.87. The summed E-state index contributed by atoms with van der Waals surface area (Å²) in [6, 6.07) is 7.19. The SMILES string of the molecule is COc1ccc2c(c1)CC(NCC1(C(C)C)CC1)CC2. The Labute approximate surface area is 122 Å². The second-order valence-corrected chi connectivity index (χ2v) is 6.97.